The Balaban J connectivity index is 1.83. The molecule has 0 spiro atoms. The quantitative estimate of drug-likeness (QED) is 0.861. The fraction of sp³-hybridized carbons (Fsp3) is 0.412. The number of carbonyl (C=O) groups is 1. The minimum Gasteiger partial charge on any atom is -0.359 e. The lowest BCUT2D eigenvalue weighted by atomic mass is 10.1. The van der Waals surface area contributed by atoms with Crippen molar-refractivity contribution in [3.05, 3.63) is 53.4 Å². The molecule has 1 aromatic carbocycles. The number of hydrogen-bond acceptors (Lipinski definition) is 3. The summed E-state index contributed by atoms with van der Waals surface area (Å²) < 4.78 is 5.48. The van der Waals surface area contributed by atoms with Crippen LogP contribution in [0, 0.1) is 0 Å². The summed E-state index contributed by atoms with van der Waals surface area (Å²) in [5.41, 5.74) is 1.68. The van der Waals surface area contributed by atoms with E-state index < -0.39 is 0 Å². The van der Waals surface area contributed by atoms with E-state index in [-0.39, 0.29) is 11.9 Å². The molecule has 110 valence electrons. The molecule has 0 bridgehead atoms. The Kier molecular flexibility index (Phi) is 3.78. The Morgan fingerprint density at radius 3 is 2.76 bits per heavy atom. The molecule has 1 aliphatic rings. The number of nitrogens with zero attached hydrogens (tertiary/aromatic N) is 2. The number of carbonyl (C=O) groups excluding carboxylic acids is 1. The van der Waals surface area contributed by atoms with Crippen molar-refractivity contribution >= 4 is 5.91 Å². The van der Waals surface area contributed by atoms with E-state index in [0.717, 1.165) is 36.4 Å². The highest BCUT2D eigenvalue weighted by Crippen LogP contribution is 2.34. The number of amides is 1. The van der Waals surface area contributed by atoms with Crippen LogP contribution in [0.2, 0.25) is 0 Å². The van der Waals surface area contributed by atoms with Gasteiger partial charge in [0, 0.05) is 18.2 Å². The molecule has 2 aromatic rings. The van der Waals surface area contributed by atoms with Crippen LogP contribution in [0.5, 0.6) is 0 Å². The molecule has 4 nitrogen and oxygen atoms in total. The van der Waals surface area contributed by atoms with Gasteiger partial charge in [-0.2, -0.15) is 0 Å². The summed E-state index contributed by atoms with van der Waals surface area (Å²) in [6.07, 6.45) is 1.94. The standard InChI is InChI=1S/C17H20N2O2/c1-12(2)14-11-16(21-18-14)15-9-6-10-19(15)17(20)13-7-4-3-5-8-13/h3-5,7-8,11-12,15H,6,9-10H2,1-2H3/t15-/m0/s1. The molecule has 0 unspecified atom stereocenters. The molecule has 3 rings (SSSR count). The van der Waals surface area contributed by atoms with Crippen molar-refractivity contribution in [2.45, 2.75) is 38.6 Å². The van der Waals surface area contributed by atoms with Gasteiger partial charge in [-0.25, -0.2) is 0 Å². The Hall–Kier alpha value is -2.10. The van der Waals surface area contributed by atoms with Gasteiger partial charge in [-0.3, -0.25) is 4.79 Å². The maximum atomic E-state index is 12.6. The van der Waals surface area contributed by atoms with Gasteiger partial charge in [0.15, 0.2) is 5.76 Å². The molecule has 1 aromatic heterocycles. The molecule has 2 heterocycles. The summed E-state index contributed by atoms with van der Waals surface area (Å²) in [7, 11) is 0. The summed E-state index contributed by atoms with van der Waals surface area (Å²) in [5.74, 6) is 1.21. The van der Waals surface area contributed by atoms with Crippen molar-refractivity contribution in [2.75, 3.05) is 6.54 Å². The van der Waals surface area contributed by atoms with E-state index in [1.165, 1.54) is 0 Å². The highest BCUT2D eigenvalue weighted by Gasteiger charge is 2.33. The SMILES string of the molecule is CC(C)c1cc([C@@H]2CCCN2C(=O)c2ccccc2)on1. The first-order valence-electron chi connectivity index (χ1n) is 7.49. The van der Waals surface area contributed by atoms with Crippen LogP contribution in [-0.4, -0.2) is 22.5 Å². The second-order valence-electron chi connectivity index (χ2n) is 5.83. The van der Waals surface area contributed by atoms with Crippen molar-refractivity contribution in [1.29, 1.82) is 0 Å². The molecule has 1 amide bonds. The Labute approximate surface area is 124 Å². The largest absolute Gasteiger partial charge is 0.359 e. The van der Waals surface area contributed by atoms with E-state index in [0.29, 0.717) is 5.92 Å². The van der Waals surface area contributed by atoms with Crippen molar-refractivity contribution in [3.8, 4) is 0 Å². The maximum absolute atomic E-state index is 12.6. The van der Waals surface area contributed by atoms with Crippen molar-refractivity contribution in [1.82, 2.24) is 10.1 Å². The highest BCUT2D eigenvalue weighted by atomic mass is 16.5. The number of hydrogen-bond donors (Lipinski definition) is 0. The monoisotopic (exact) mass is 284 g/mol. The number of rotatable bonds is 3. The van der Waals surface area contributed by atoms with Crippen LogP contribution in [0.4, 0.5) is 0 Å². The third-order valence-corrected chi connectivity index (χ3v) is 4.00. The summed E-state index contributed by atoms with van der Waals surface area (Å²) in [5, 5.41) is 4.11. The van der Waals surface area contributed by atoms with Gasteiger partial charge in [0.1, 0.15) is 0 Å². The summed E-state index contributed by atoms with van der Waals surface area (Å²) in [6, 6.07) is 11.4. The van der Waals surface area contributed by atoms with Crippen LogP contribution in [0.25, 0.3) is 0 Å². The van der Waals surface area contributed by atoms with Gasteiger partial charge >= 0.3 is 0 Å². The van der Waals surface area contributed by atoms with Crippen molar-refractivity contribution < 1.29 is 9.32 Å². The fourth-order valence-electron chi connectivity index (χ4n) is 2.79. The Morgan fingerprint density at radius 2 is 2.10 bits per heavy atom. The molecule has 1 saturated heterocycles. The van der Waals surface area contributed by atoms with Gasteiger partial charge in [-0.05, 0) is 30.9 Å². The molecule has 1 fully saturated rings. The summed E-state index contributed by atoms with van der Waals surface area (Å²) in [4.78, 5) is 14.5. The fourth-order valence-corrected chi connectivity index (χ4v) is 2.79. The number of likely N-dealkylation sites (tertiary alicyclic amines) is 1. The van der Waals surface area contributed by atoms with Crippen LogP contribution in [0.3, 0.4) is 0 Å². The van der Waals surface area contributed by atoms with Crippen LogP contribution in [0.1, 0.15) is 60.5 Å². The molecule has 0 N–H and O–H groups in total. The molecule has 4 heteroatoms. The van der Waals surface area contributed by atoms with E-state index >= 15 is 0 Å². The normalized spacial score (nSPS) is 18.4. The molecule has 0 saturated carbocycles. The number of aromatic nitrogens is 1. The minimum atomic E-state index is 0.0118. The van der Waals surface area contributed by atoms with Gasteiger partial charge in [-0.15, -0.1) is 0 Å². The van der Waals surface area contributed by atoms with Crippen LogP contribution < -0.4 is 0 Å². The summed E-state index contributed by atoms with van der Waals surface area (Å²) >= 11 is 0. The van der Waals surface area contributed by atoms with Gasteiger partial charge in [-0.1, -0.05) is 37.2 Å². The van der Waals surface area contributed by atoms with Crippen LogP contribution in [0.15, 0.2) is 40.9 Å². The van der Waals surface area contributed by atoms with Gasteiger partial charge in [0.25, 0.3) is 5.91 Å². The average molecular weight is 284 g/mol. The average Bonchev–Trinajstić information content (AvgIpc) is 3.16. The first kappa shape index (κ1) is 13.9. The third-order valence-electron chi connectivity index (χ3n) is 4.00. The third kappa shape index (κ3) is 2.71. The van der Waals surface area contributed by atoms with E-state index in [1.54, 1.807) is 0 Å². The maximum Gasteiger partial charge on any atom is 0.254 e. The Bertz CT molecular complexity index is 619. The topological polar surface area (TPSA) is 46.3 Å². The van der Waals surface area contributed by atoms with Crippen LogP contribution in [-0.2, 0) is 0 Å². The van der Waals surface area contributed by atoms with E-state index in [4.69, 9.17) is 4.52 Å². The van der Waals surface area contributed by atoms with Gasteiger partial charge < -0.3 is 9.42 Å². The molecular weight excluding hydrogens is 264 g/mol. The van der Waals surface area contributed by atoms with Crippen molar-refractivity contribution in [3.63, 3.8) is 0 Å². The predicted octanol–water partition coefficient (Wildman–Crippen LogP) is 3.78. The smallest absolute Gasteiger partial charge is 0.254 e. The lowest BCUT2D eigenvalue weighted by molar-refractivity contribution is 0.0714. The van der Waals surface area contributed by atoms with E-state index in [2.05, 4.69) is 19.0 Å². The first-order chi connectivity index (χ1) is 10.2. The molecule has 21 heavy (non-hydrogen) atoms. The molecular formula is C17H20N2O2. The molecule has 0 radical (unpaired) electrons. The zero-order chi connectivity index (χ0) is 14.8. The van der Waals surface area contributed by atoms with Crippen molar-refractivity contribution in [2.24, 2.45) is 0 Å². The second-order valence-corrected chi connectivity index (χ2v) is 5.83. The molecule has 1 aliphatic heterocycles. The van der Waals surface area contributed by atoms with Crippen LogP contribution >= 0.6 is 0 Å². The predicted molar refractivity (Wildman–Crippen MR) is 80.0 cm³/mol. The number of benzene rings is 1. The lowest BCUT2D eigenvalue weighted by Gasteiger charge is -2.22. The lowest BCUT2D eigenvalue weighted by Crippen LogP contribution is -2.30. The minimum absolute atomic E-state index is 0.0118. The van der Waals surface area contributed by atoms with E-state index in [1.807, 2.05) is 41.3 Å². The highest BCUT2D eigenvalue weighted by molar-refractivity contribution is 5.94. The van der Waals surface area contributed by atoms with E-state index in [9.17, 15) is 4.79 Å². The molecule has 1 atom stereocenters. The summed E-state index contributed by atoms with van der Waals surface area (Å²) in [6.45, 7) is 4.95. The first-order valence-corrected chi connectivity index (χ1v) is 7.49. The zero-order valence-corrected chi connectivity index (χ0v) is 12.5. The second kappa shape index (κ2) is 5.72. The zero-order valence-electron chi connectivity index (χ0n) is 12.5. The molecule has 0 aliphatic carbocycles. The van der Waals surface area contributed by atoms with Gasteiger partial charge in [0.2, 0.25) is 0 Å². The van der Waals surface area contributed by atoms with Gasteiger partial charge in [0.05, 0.1) is 11.7 Å². The Morgan fingerprint density at radius 1 is 1.33 bits per heavy atom.